The van der Waals surface area contributed by atoms with Gasteiger partial charge in [0, 0.05) is 61.9 Å². The number of rotatable bonds is 11. The van der Waals surface area contributed by atoms with Crippen molar-refractivity contribution in [1.82, 2.24) is 0 Å². The lowest BCUT2D eigenvalue weighted by molar-refractivity contribution is -0.385. The first-order valence-electron chi connectivity index (χ1n) is 17.9. The van der Waals surface area contributed by atoms with Gasteiger partial charge in [-0.05, 0) is 68.4 Å². The number of nitrogens with zero attached hydrogens (tertiary/aromatic N) is 5. The first-order valence-corrected chi connectivity index (χ1v) is 18.5. The van der Waals surface area contributed by atoms with Crippen molar-refractivity contribution in [3.8, 4) is 23.0 Å². The zero-order chi connectivity index (χ0) is 39.1. The number of nitro groups is 1. The van der Waals surface area contributed by atoms with E-state index in [4.69, 9.17) is 18.9 Å². The minimum absolute atomic E-state index is 0.0440. The minimum atomic E-state index is -0.473. The number of carbonyl (C=O) groups excluding carboxylic acids is 2. The highest BCUT2D eigenvalue weighted by Crippen LogP contribution is 2.42. The first-order chi connectivity index (χ1) is 27.1. The molecule has 5 aromatic carbocycles. The van der Waals surface area contributed by atoms with Crippen LogP contribution in [-0.4, -0.2) is 56.8 Å². The highest BCUT2D eigenvalue weighted by molar-refractivity contribution is 7.19. The van der Waals surface area contributed by atoms with Crippen LogP contribution in [0, 0.1) is 10.1 Å². The molecular weight excluding hydrogens is 733 g/mol. The monoisotopic (exact) mass is 771 g/mol. The van der Waals surface area contributed by atoms with E-state index in [1.54, 1.807) is 51.0 Å². The lowest BCUT2D eigenvalue weighted by atomic mass is 10.1. The van der Waals surface area contributed by atoms with Crippen molar-refractivity contribution in [2.75, 3.05) is 42.3 Å². The Hall–Kier alpha value is -6.46. The summed E-state index contributed by atoms with van der Waals surface area (Å²) in [6, 6.07) is 26.8. The van der Waals surface area contributed by atoms with E-state index in [1.807, 2.05) is 55.6 Å². The Kier molecular flexibility index (Phi) is 9.78. The summed E-state index contributed by atoms with van der Waals surface area (Å²) < 4.78 is 25.5. The largest absolute Gasteiger partial charge is 0.493 e. The van der Waals surface area contributed by atoms with Crippen molar-refractivity contribution >= 4 is 55.9 Å². The maximum absolute atomic E-state index is 13.9. The molecule has 3 heterocycles. The van der Waals surface area contributed by atoms with E-state index >= 15 is 0 Å². The van der Waals surface area contributed by atoms with Crippen molar-refractivity contribution in [3.05, 3.63) is 134 Å². The van der Waals surface area contributed by atoms with Gasteiger partial charge in [0.1, 0.15) is 13.2 Å². The molecule has 2 amide bonds. The second-order valence-electron chi connectivity index (χ2n) is 13.7. The number of hydrogen-bond acceptors (Lipinski definition) is 10. The molecule has 0 saturated heterocycles. The first kappa shape index (κ1) is 36.5. The van der Waals surface area contributed by atoms with Gasteiger partial charge in [-0.2, -0.15) is 0 Å². The lowest BCUT2D eigenvalue weighted by Crippen LogP contribution is -2.37. The maximum atomic E-state index is 13.9. The van der Waals surface area contributed by atoms with Gasteiger partial charge < -0.3 is 28.5 Å². The number of methoxy groups -OCH3 is 2. The molecule has 1 unspecified atom stereocenters. The Morgan fingerprint density at radius 3 is 2.20 bits per heavy atom. The fourth-order valence-electron chi connectivity index (χ4n) is 7.51. The van der Waals surface area contributed by atoms with Crippen LogP contribution in [0.4, 0.5) is 28.4 Å². The Labute approximate surface area is 325 Å². The third-order valence-corrected chi connectivity index (χ3v) is 10.5. The van der Waals surface area contributed by atoms with Crippen molar-refractivity contribution in [2.45, 2.75) is 32.1 Å². The van der Waals surface area contributed by atoms with Crippen molar-refractivity contribution in [3.63, 3.8) is 0 Å². The molecule has 8 rings (SSSR count). The molecule has 0 aliphatic carbocycles. The van der Waals surface area contributed by atoms with E-state index in [9.17, 15) is 19.7 Å². The molecule has 13 nitrogen and oxygen atoms in total. The van der Waals surface area contributed by atoms with Gasteiger partial charge in [-0.3, -0.25) is 29.6 Å². The molecule has 14 heteroatoms. The number of non-ortho nitro benzene ring substituents is 1. The highest BCUT2D eigenvalue weighted by Gasteiger charge is 2.36. The number of fused-ring (bicyclic) bond motifs is 5. The summed E-state index contributed by atoms with van der Waals surface area (Å²) in [4.78, 5) is 47.5. The van der Waals surface area contributed by atoms with Crippen LogP contribution in [-0.2, 0) is 26.1 Å². The molecule has 0 radical (unpaired) electrons. The van der Waals surface area contributed by atoms with Gasteiger partial charge in [-0.1, -0.05) is 36.4 Å². The smallest absolute Gasteiger partial charge is 0.270 e. The Morgan fingerprint density at radius 2 is 1.52 bits per heavy atom. The molecule has 3 aliphatic heterocycles. The Balaban J connectivity index is 1.02. The van der Waals surface area contributed by atoms with Crippen LogP contribution >= 0.6 is 9.39 Å². The second-order valence-corrected chi connectivity index (χ2v) is 14.5. The molecule has 0 fully saturated rings. The van der Waals surface area contributed by atoms with Crippen LogP contribution in [0.15, 0.2) is 96.0 Å². The fourth-order valence-corrected chi connectivity index (χ4v) is 7.72. The molecule has 56 heavy (non-hydrogen) atoms. The summed E-state index contributed by atoms with van der Waals surface area (Å²) in [7, 11) is 7.36. The molecule has 284 valence electrons. The quantitative estimate of drug-likeness (QED) is 0.0761. The fraction of sp³-hybridized carbons (Fsp3) is 0.214. The van der Waals surface area contributed by atoms with E-state index in [2.05, 4.69) is 14.4 Å². The van der Waals surface area contributed by atoms with E-state index in [0.717, 1.165) is 28.9 Å². The topological polar surface area (TPSA) is 136 Å². The predicted molar refractivity (Wildman–Crippen MR) is 217 cm³/mol. The molecular formula is C42H38N5O8P. The Bertz CT molecular complexity index is 2440. The van der Waals surface area contributed by atoms with Gasteiger partial charge in [-0.15, -0.1) is 0 Å². The zero-order valence-corrected chi connectivity index (χ0v) is 32.1. The summed E-state index contributed by atoms with van der Waals surface area (Å²) >= 11 is 0. The third kappa shape index (κ3) is 6.75. The van der Waals surface area contributed by atoms with Gasteiger partial charge in [-0.25, -0.2) is 0 Å². The van der Waals surface area contributed by atoms with Gasteiger partial charge in [0.25, 0.3) is 17.5 Å². The normalized spacial score (nSPS) is 15.0. The maximum Gasteiger partial charge on any atom is 0.270 e. The SMILES string of the molecule is COc1cc2c(cc1OCc1cc(COc3cc(N(C)P)c(C(=O)N4CCc5ccccc54)cc3OC)cc([N+](=O)[O-])c1)N=C[C@@H]1Cc3ccccc3N1C2=O. The van der Waals surface area contributed by atoms with Gasteiger partial charge >= 0.3 is 0 Å². The summed E-state index contributed by atoms with van der Waals surface area (Å²) in [5.74, 6) is 0.994. The molecule has 2 atom stereocenters. The number of aliphatic imine (C=N–C) groups is 1. The summed E-state index contributed by atoms with van der Waals surface area (Å²) in [5.41, 5.74) is 6.68. The minimum Gasteiger partial charge on any atom is -0.493 e. The van der Waals surface area contributed by atoms with Gasteiger partial charge in [0.05, 0.1) is 47.7 Å². The van der Waals surface area contributed by atoms with Gasteiger partial charge in [0.15, 0.2) is 23.0 Å². The van der Waals surface area contributed by atoms with Crippen LogP contribution in [0.2, 0.25) is 0 Å². The summed E-state index contributed by atoms with van der Waals surface area (Å²) in [6.07, 6.45) is 3.22. The number of ether oxygens (including phenoxy) is 4. The number of nitro benzene ring substituents is 1. The molecule has 0 saturated carbocycles. The third-order valence-electron chi connectivity index (χ3n) is 10.2. The summed E-state index contributed by atoms with van der Waals surface area (Å²) in [6.45, 7) is 0.474. The average Bonchev–Trinajstić information content (AvgIpc) is 3.78. The molecule has 5 aromatic rings. The van der Waals surface area contributed by atoms with Gasteiger partial charge in [0.2, 0.25) is 0 Å². The van der Waals surface area contributed by atoms with Crippen LogP contribution in [0.3, 0.4) is 0 Å². The average molecular weight is 772 g/mol. The number of hydrogen-bond donors (Lipinski definition) is 0. The molecule has 0 aromatic heterocycles. The van der Waals surface area contributed by atoms with E-state index < -0.39 is 4.92 Å². The molecule has 0 spiro atoms. The second kappa shape index (κ2) is 15.0. The van der Waals surface area contributed by atoms with E-state index in [0.29, 0.717) is 69.6 Å². The number of para-hydroxylation sites is 2. The number of benzene rings is 5. The van der Waals surface area contributed by atoms with Crippen LogP contribution in [0.25, 0.3) is 0 Å². The molecule has 0 N–H and O–H groups in total. The highest BCUT2D eigenvalue weighted by atomic mass is 31.0. The van der Waals surface area contributed by atoms with Crippen LogP contribution in [0.5, 0.6) is 23.0 Å². The van der Waals surface area contributed by atoms with E-state index in [-0.39, 0.29) is 36.8 Å². The number of carbonyl (C=O) groups is 2. The van der Waals surface area contributed by atoms with Crippen molar-refractivity contribution < 1.29 is 33.5 Å². The van der Waals surface area contributed by atoms with Crippen molar-refractivity contribution in [2.24, 2.45) is 4.99 Å². The number of amides is 2. The lowest BCUT2D eigenvalue weighted by Gasteiger charge is -2.24. The molecule has 0 bridgehead atoms. The standard InChI is InChI=1S/C42H38N5O8P/c1-44(56)36-21-40(38(53-3)19-32(36)41(48)45-13-12-27-8-4-6-10-34(27)45)55-24-26-14-25(15-29(16-26)47(50)51)23-54-39-20-33-31(18-37(39)52-2)42(49)46-30(22-43-33)17-28-9-5-7-11-35(28)46/h4-11,14-16,18-22,30H,12-13,17,23-24,56H2,1-3H3/t30-/m0/s1. The predicted octanol–water partition coefficient (Wildman–Crippen LogP) is 7.49. The molecule has 3 aliphatic rings. The summed E-state index contributed by atoms with van der Waals surface area (Å²) in [5, 5.41) is 12.0. The Morgan fingerprint density at radius 1 is 0.875 bits per heavy atom. The van der Waals surface area contributed by atoms with Crippen LogP contribution < -0.4 is 33.4 Å². The van der Waals surface area contributed by atoms with Crippen molar-refractivity contribution in [1.29, 1.82) is 0 Å². The van der Waals surface area contributed by atoms with Crippen LogP contribution in [0.1, 0.15) is 43.0 Å². The zero-order valence-electron chi connectivity index (χ0n) is 30.9. The number of anilines is 3. The van der Waals surface area contributed by atoms with E-state index in [1.165, 1.54) is 26.4 Å².